The molecule has 11 heteroatoms. The first kappa shape index (κ1) is 23.7. The Labute approximate surface area is 166 Å². The monoisotopic (exact) mass is 350 g/mol. The summed E-state index contributed by atoms with van der Waals surface area (Å²) in [6.45, 7) is 0. The van der Waals surface area contributed by atoms with Gasteiger partial charge in [-0.25, -0.2) is 16.8 Å². The molecular formula is C10H8Na2O7S2. The Morgan fingerprint density at radius 3 is 1.86 bits per heavy atom. The van der Waals surface area contributed by atoms with E-state index in [4.69, 9.17) is 0 Å². The van der Waals surface area contributed by atoms with E-state index in [-0.39, 0.29) is 75.4 Å². The summed E-state index contributed by atoms with van der Waals surface area (Å²) < 4.78 is 65.4. The van der Waals surface area contributed by atoms with Gasteiger partial charge in [0.2, 0.25) is 0 Å². The zero-order chi connectivity index (χ0) is 13.6. The van der Waals surface area contributed by atoms with Crippen LogP contribution in [0, 0.1) is 0 Å². The molecule has 2 N–H and O–H groups in total. The number of hydrogen-bond donors (Lipinski definition) is 0. The summed E-state index contributed by atoms with van der Waals surface area (Å²) in [5, 5.41) is 0.281. The van der Waals surface area contributed by atoms with Crippen LogP contribution in [0.4, 0.5) is 0 Å². The standard InChI is InChI=1S/C10H8O6S2.2Na.H2O/c11-17(12,13)8-4-5-9-7(6-8)2-1-3-10(9)18(14,15)16;;;/h1-6H,(H,11,12,13)(H,14,15,16);;;1H2/q;2*+1;/p-2. The van der Waals surface area contributed by atoms with Crippen LogP contribution in [0.3, 0.4) is 0 Å². The Balaban J connectivity index is 0. The summed E-state index contributed by atoms with van der Waals surface area (Å²) in [6, 6.07) is 6.97. The van der Waals surface area contributed by atoms with Crippen molar-refractivity contribution in [1.82, 2.24) is 0 Å². The van der Waals surface area contributed by atoms with E-state index < -0.39 is 30.0 Å². The predicted octanol–water partition coefficient (Wildman–Crippen LogP) is -6.17. The van der Waals surface area contributed by atoms with Crippen LogP contribution >= 0.6 is 0 Å². The van der Waals surface area contributed by atoms with Crippen molar-refractivity contribution in [2.24, 2.45) is 0 Å². The maximum atomic E-state index is 11.0. The molecule has 104 valence electrons. The first-order valence-electron chi connectivity index (χ1n) is 4.64. The van der Waals surface area contributed by atoms with Gasteiger partial charge in [-0.3, -0.25) is 0 Å². The van der Waals surface area contributed by atoms with Crippen molar-refractivity contribution in [3.05, 3.63) is 36.4 Å². The van der Waals surface area contributed by atoms with Gasteiger partial charge in [-0.1, -0.05) is 18.2 Å². The van der Waals surface area contributed by atoms with E-state index in [1.165, 1.54) is 12.1 Å². The summed E-state index contributed by atoms with van der Waals surface area (Å²) in [4.78, 5) is -0.926. The molecule has 0 unspecified atom stereocenters. The zero-order valence-corrected chi connectivity index (χ0v) is 16.9. The van der Waals surface area contributed by atoms with Crippen molar-refractivity contribution in [3.63, 3.8) is 0 Å². The third-order valence-electron chi connectivity index (χ3n) is 2.37. The quantitative estimate of drug-likeness (QED) is 0.389. The van der Waals surface area contributed by atoms with Gasteiger partial charge in [0.05, 0.1) is 9.79 Å². The van der Waals surface area contributed by atoms with Gasteiger partial charge in [-0.05, 0) is 29.0 Å². The Bertz CT molecular complexity index is 832. The van der Waals surface area contributed by atoms with Crippen LogP contribution < -0.4 is 59.1 Å². The van der Waals surface area contributed by atoms with Crippen molar-refractivity contribution >= 4 is 31.0 Å². The van der Waals surface area contributed by atoms with Crippen molar-refractivity contribution in [2.75, 3.05) is 0 Å². The first-order chi connectivity index (χ1) is 8.19. The second kappa shape index (κ2) is 8.37. The summed E-state index contributed by atoms with van der Waals surface area (Å²) >= 11 is 0. The maximum Gasteiger partial charge on any atom is 1.00 e. The minimum Gasteiger partial charge on any atom is -0.744 e. The summed E-state index contributed by atoms with van der Waals surface area (Å²) in [7, 11) is -9.28. The van der Waals surface area contributed by atoms with Crippen LogP contribution in [-0.2, 0) is 20.2 Å². The molecule has 2 aromatic rings. The predicted molar refractivity (Wildman–Crippen MR) is 63.5 cm³/mol. The average Bonchev–Trinajstić information content (AvgIpc) is 2.25. The van der Waals surface area contributed by atoms with Crippen molar-refractivity contribution < 1.29 is 90.5 Å². The number of benzene rings is 2. The fourth-order valence-electron chi connectivity index (χ4n) is 1.61. The molecule has 7 nitrogen and oxygen atoms in total. The normalized spacial score (nSPS) is 11.0. The zero-order valence-electron chi connectivity index (χ0n) is 11.2. The average molecular weight is 350 g/mol. The summed E-state index contributed by atoms with van der Waals surface area (Å²) in [6.07, 6.45) is 0. The third kappa shape index (κ3) is 5.56. The SMILES string of the molecule is O.O=S(=O)([O-])c1ccc2c(S(=O)(=O)[O-])cccc2c1.[Na+].[Na+]. The van der Waals surface area contributed by atoms with E-state index in [9.17, 15) is 25.9 Å². The Hall–Kier alpha value is 0.480. The van der Waals surface area contributed by atoms with Crippen LogP contribution in [0.5, 0.6) is 0 Å². The molecule has 0 atom stereocenters. The van der Waals surface area contributed by atoms with E-state index in [1.807, 2.05) is 0 Å². The van der Waals surface area contributed by atoms with E-state index in [0.717, 1.165) is 24.3 Å². The molecule has 0 saturated carbocycles. The molecule has 0 heterocycles. The van der Waals surface area contributed by atoms with E-state index in [1.54, 1.807) is 0 Å². The topological polar surface area (TPSA) is 146 Å². The van der Waals surface area contributed by atoms with Crippen LogP contribution in [0.25, 0.3) is 10.8 Å². The van der Waals surface area contributed by atoms with Crippen LogP contribution in [0.2, 0.25) is 0 Å². The molecule has 0 spiro atoms. The second-order valence-electron chi connectivity index (χ2n) is 3.55. The van der Waals surface area contributed by atoms with Crippen molar-refractivity contribution in [2.45, 2.75) is 9.79 Å². The Morgan fingerprint density at radius 2 is 1.38 bits per heavy atom. The summed E-state index contributed by atoms with van der Waals surface area (Å²) in [5.41, 5.74) is 0. The molecule has 2 aromatic carbocycles. The van der Waals surface area contributed by atoms with E-state index >= 15 is 0 Å². The Morgan fingerprint density at radius 1 is 0.810 bits per heavy atom. The van der Waals surface area contributed by atoms with E-state index in [0.29, 0.717) is 0 Å². The smallest absolute Gasteiger partial charge is 0.744 e. The number of rotatable bonds is 2. The molecule has 0 fully saturated rings. The van der Waals surface area contributed by atoms with Gasteiger partial charge in [0, 0.05) is 0 Å². The number of hydrogen-bond acceptors (Lipinski definition) is 6. The molecule has 0 bridgehead atoms. The molecule has 0 aliphatic carbocycles. The minimum absolute atomic E-state index is 0. The van der Waals surface area contributed by atoms with Crippen LogP contribution in [-0.4, -0.2) is 31.4 Å². The van der Waals surface area contributed by atoms with Gasteiger partial charge in [-0.2, -0.15) is 0 Å². The molecule has 21 heavy (non-hydrogen) atoms. The van der Waals surface area contributed by atoms with Crippen molar-refractivity contribution in [3.8, 4) is 0 Å². The van der Waals surface area contributed by atoms with E-state index in [2.05, 4.69) is 0 Å². The Kier molecular flexibility index (Phi) is 9.46. The van der Waals surface area contributed by atoms with Gasteiger partial charge in [0.1, 0.15) is 20.2 Å². The minimum atomic E-state index is -4.66. The largest absolute Gasteiger partial charge is 1.00 e. The van der Waals surface area contributed by atoms with Crippen LogP contribution in [0.15, 0.2) is 46.2 Å². The van der Waals surface area contributed by atoms with Crippen molar-refractivity contribution in [1.29, 1.82) is 0 Å². The van der Waals surface area contributed by atoms with Gasteiger partial charge < -0.3 is 14.6 Å². The molecule has 0 radical (unpaired) electrons. The molecule has 0 aromatic heterocycles. The number of fused-ring (bicyclic) bond motifs is 1. The third-order valence-corrected chi connectivity index (χ3v) is 4.10. The van der Waals surface area contributed by atoms with Gasteiger partial charge in [0.25, 0.3) is 0 Å². The molecular weight excluding hydrogens is 342 g/mol. The van der Waals surface area contributed by atoms with Crippen LogP contribution in [0.1, 0.15) is 0 Å². The first-order valence-corrected chi connectivity index (χ1v) is 7.46. The van der Waals surface area contributed by atoms with Gasteiger partial charge >= 0.3 is 59.1 Å². The van der Waals surface area contributed by atoms with Gasteiger partial charge in [-0.15, -0.1) is 0 Å². The molecule has 0 saturated heterocycles. The molecule has 2 rings (SSSR count). The molecule has 0 aliphatic heterocycles. The molecule has 0 amide bonds. The van der Waals surface area contributed by atoms with Gasteiger partial charge in [0.15, 0.2) is 0 Å². The summed E-state index contributed by atoms with van der Waals surface area (Å²) in [5.74, 6) is 0. The fraction of sp³-hybridized carbons (Fsp3) is 0. The second-order valence-corrected chi connectivity index (χ2v) is 6.28. The maximum absolute atomic E-state index is 11.0. The fourth-order valence-corrected chi connectivity index (χ4v) is 2.81. The molecule has 0 aliphatic rings.